The molecule has 0 amide bonds. The number of rotatable bonds is 1. The van der Waals surface area contributed by atoms with E-state index in [1.54, 1.807) is 12.1 Å². The van der Waals surface area contributed by atoms with Crippen LogP contribution in [0.15, 0.2) is 71.8 Å². The molecule has 1 aliphatic heterocycles. The average molecular weight is 311 g/mol. The summed E-state index contributed by atoms with van der Waals surface area (Å²) in [5, 5.41) is 10.5. The number of aliphatic hydroxyl groups is 1. The molecule has 1 aliphatic rings. The number of hydrogen-bond donors (Lipinski definition) is 1. The second-order valence-electron chi connectivity index (χ2n) is 5.28. The quantitative estimate of drug-likeness (QED) is 0.716. The summed E-state index contributed by atoms with van der Waals surface area (Å²) in [7, 11) is 0. The van der Waals surface area contributed by atoms with E-state index in [-0.39, 0.29) is 11.1 Å². The monoisotopic (exact) mass is 311 g/mol. The van der Waals surface area contributed by atoms with Gasteiger partial charge in [-0.25, -0.2) is 4.39 Å². The number of halogens is 1. The molecular weight excluding hydrogens is 297 g/mol. The first-order valence-corrected chi connectivity index (χ1v) is 7.99. The fourth-order valence-electron chi connectivity index (χ4n) is 2.91. The molecule has 2 nitrogen and oxygen atoms in total. The van der Waals surface area contributed by atoms with Crippen LogP contribution in [0.2, 0.25) is 0 Å². The van der Waals surface area contributed by atoms with E-state index in [1.165, 1.54) is 17.8 Å². The lowest BCUT2D eigenvalue weighted by molar-refractivity contribution is 0.167. The van der Waals surface area contributed by atoms with E-state index < -0.39 is 6.10 Å². The van der Waals surface area contributed by atoms with Crippen molar-refractivity contribution >= 4 is 11.8 Å². The second kappa shape index (κ2) is 5.30. The number of hydrogen-bond acceptors (Lipinski definition) is 2. The van der Waals surface area contributed by atoms with Crippen molar-refractivity contribution in [2.75, 3.05) is 0 Å². The molecule has 0 fully saturated rings. The predicted molar refractivity (Wildman–Crippen MR) is 85.7 cm³/mol. The molecule has 0 saturated heterocycles. The van der Waals surface area contributed by atoms with Gasteiger partial charge in [-0.3, -0.25) is 0 Å². The first kappa shape index (κ1) is 13.6. The minimum absolute atomic E-state index is 0.281. The summed E-state index contributed by atoms with van der Waals surface area (Å²) in [6.07, 6.45) is 1.16. The fraction of sp³-hybridized carbons (Fsp3) is 0.111. The highest BCUT2D eigenvalue weighted by atomic mass is 32.2. The molecular formula is C18H14FNOS. The standard InChI is InChI=1S/C18H14FNOS/c19-13-7-2-1-6-12(13)18-17(21)15-9-5-11-20(15)14-8-3-4-10-16(14)22-18/h1-11,17-18,21H/t17-,18-/m1/s1. The molecule has 2 heterocycles. The lowest BCUT2D eigenvalue weighted by atomic mass is 10.0. The van der Waals surface area contributed by atoms with Crippen LogP contribution in [0.3, 0.4) is 0 Å². The summed E-state index contributed by atoms with van der Waals surface area (Å²) >= 11 is 1.50. The van der Waals surface area contributed by atoms with Gasteiger partial charge >= 0.3 is 0 Å². The molecule has 4 heteroatoms. The van der Waals surface area contributed by atoms with Crippen LogP contribution >= 0.6 is 11.8 Å². The molecule has 4 rings (SSSR count). The Kier molecular flexibility index (Phi) is 3.28. The zero-order valence-corrected chi connectivity index (χ0v) is 12.5. The van der Waals surface area contributed by atoms with Crippen LogP contribution < -0.4 is 0 Å². The summed E-state index contributed by atoms with van der Waals surface area (Å²) < 4.78 is 16.2. The van der Waals surface area contributed by atoms with Gasteiger partial charge in [-0.05, 0) is 30.3 Å². The van der Waals surface area contributed by atoms with Crippen molar-refractivity contribution in [2.24, 2.45) is 0 Å². The third kappa shape index (κ3) is 2.07. The van der Waals surface area contributed by atoms with Crippen LogP contribution in [0.1, 0.15) is 22.6 Å². The first-order valence-electron chi connectivity index (χ1n) is 7.11. The third-order valence-electron chi connectivity index (χ3n) is 3.96. The smallest absolute Gasteiger partial charge is 0.127 e. The number of aromatic nitrogens is 1. The van der Waals surface area contributed by atoms with Gasteiger partial charge in [0.15, 0.2) is 0 Å². The van der Waals surface area contributed by atoms with E-state index in [2.05, 4.69) is 0 Å². The third-order valence-corrected chi connectivity index (χ3v) is 5.33. The van der Waals surface area contributed by atoms with Gasteiger partial charge in [0.25, 0.3) is 0 Å². The number of para-hydroxylation sites is 1. The van der Waals surface area contributed by atoms with Crippen molar-refractivity contribution < 1.29 is 9.50 Å². The number of thioether (sulfide) groups is 1. The van der Waals surface area contributed by atoms with E-state index in [0.29, 0.717) is 5.56 Å². The van der Waals surface area contributed by atoms with Crippen LogP contribution in [-0.4, -0.2) is 9.67 Å². The molecule has 22 heavy (non-hydrogen) atoms. The molecule has 0 saturated carbocycles. The number of benzene rings is 2. The molecule has 0 radical (unpaired) electrons. The van der Waals surface area contributed by atoms with Gasteiger partial charge < -0.3 is 9.67 Å². The van der Waals surface area contributed by atoms with Crippen LogP contribution in [0.25, 0.3) is 5.69 Å². The van der Waals surface area contributed by atoms with Crippen molar-refractivity contribution in [3.05, 3.63) is 83.9 Å². The van der Waals surface area contributed by atoms with E-state index in [4.69, 9.17) is 0 Å². The molecule has 0 spiro atoms. The molecule has 2 aromatic carbocycles. The van der Waals surface area contributed by atoms with Crippen LogP contribution in [-0.2, 0) is 0 Å². The maximum absolute atomic E-state index is 14.2. The number of aliphatic hydroxyl groups excluding tert-OH is 1. The van der Waals surface area contributed by atoms with Crippen molar-refractivity contribution in [1.82, 2.24) is 4.57 Å². The molecule has 2 atom stereocenters. The summed E-state index contributed by atoms with van der Waals surface area (Å²) in [5.74, 6) is -0.281. The molecule has 1 N–H and O–H groups in total. The normalized spacial score (nSPS) is 20.1. The highest BCUT2D eigenvalue weighted by Crippen LogP contribution is 2.49. The lowest BCUT2D eigenvalue weighted by Crippen LogP contribution is -2.10. The zero-order valence-electron chi connectivity index (χ0n) is 11.7. The molecule has 0 aliphatic carbocycles. The van der Waals surface area contributed by atoms with E-state index in [1.807, 2.05) is 53.2 Å². The Hall–Kier alpha value is -2.04. The Morgan fingerprint density at radius 2 is 1.73 bits per heavy atom. The molecule has 0 bridgehead atoms. The average Bonchev–Trinajstić information content (AvgIpc) is 2.99. The first-order chi connectivity index (χ1) is 10.8. The summed E-state index contributed by atoms with van der Waals surface area (Å²) in [6, 6.07) is 18.4. The largest absolute Gasteiger partial charge is 0.385 e. The summed E-state index contributed by atoms with van der Waals surface area (Å²) in [5.41, 5.74) is 2.33. The highest BCUT2D eigenvalue weighted by Gasteiger charge is 2.32. The minimum atomic E-state index is -0.774. The number of nitrogens with zero attached hydrogens (tertiary/aromatic N) is 1. The van der Waals surface area contributed by atoms with Gasteiger partial charge in [0.05, 0.1) is 16.6 Å². The van der Waals surface area contributed by atoms with E-state index in [0.717, 1.165) is 16.3 Å². The van der Waals surface area contributed by atoms with E-state index >= 15 is 0 Å². The van der Waals surface area contributed by atoms with Crippen molar-refractivity contribution in [2.45, 2.75) is 16.2 Å². The van der Waals surface area contributed by atoms with Crippen molar-refractivity contribution in [3.8, 4) is 5.69 Å². The van der Waals surface area contributed by atoms with Crippen LogP contribution in [0.5, 0.6) is 0 Å². The SMILES string of the molecule is O[C@@H]1c2cccn2-c2ccccc2S[C@@H]1c1ccccc1F. The Labute approximate surface area is 132 Å². The Morgan fingerprint density at radius 3 is 2.59 bits per heavy atom. The van der Waals surface area contributed by atoms with Crippen molar-refractivity contribution in [1.29, 1.82) is 0 Å². The van der Waals surface area contributed by atoms with Gasteiger partial charge in [-0.2, -0.15) is 0 Å². The Balaban J connectivity index is 1.92. The van der Waals surface area contributed by atoms with Gasteiger partial charge in [-0.15, -0.1) is 11.8 Å². The molecule has 1 aromatic heterocycles. The lowest BCUT2D eigenvalue weighted by Gasteiger charge is -2.21. The maximum atomic E-state index is 14.2. The second-order valence-corrected chi connectivity index (χ2v) is 6.46. The summed E-state index contributed by atoms with van der Waals surface area (Å²) in [4.78, 5) is 1.03. The zero-order chi connectivity index (χ0) is 15.1. The van der Waals surface area contributed by atoms with Gasteiger partial charge in [0.2, 0.25) is 0 Å². The van der Waals surface area contributed by atoms with Gasteiger partial charge in [0, 0.05) is 16.7 Å². The van der Waals surface area contributed by atoms with Gasteiger partial charge in [0.1, 0.15) is 11.9 Å². The minimum Gasteiger partial charge on any atom is -0.385 e. The van der Waals surface area contributed by atoms with Crippen LogP contribution in [0, 0.1) is 5.82 Å². The fourth-order valence-corrected chi connectivity index (χ4v) is 4.21. The summed E-state index contributed by atoms with van der Waals surface area (Å²) in [6.45, 7) is 0. The van der Waals surface area contributed by atoms with Crippen LogP contribution in [0.4, 0.5) is 4.39 Å². The highest BCUT2D eigenvalue weighted by molar-refractivity contribution is 7.99. The van der Waals surface area contributed by atoms with E-state index in [9.17, 15) is 9.50 Å². The number of fused-ring (bicyclic) bond motifs is 3. The molecule has 3 aromatic rings. The van der Waals surface area contributed by atoms with Gasteiger partial charge in [-0.1, -0.05) is 30.3 Å². The topological polar surface area (TPSA) is 25.2 Å². The predicted octanol–water partition coefficient (Wildman–Crippen LogP) is 4.50. The van der Waals surface area contributed by atoms with Crippen molar-refractivity contribution in [3.63, 3.8) is 0 Å². The Bertz CT molecular complexity index is 829. The molecule has 0 unspecified atom stereocenters. The molecule has 110 valence electrons. The Morgan fingerprint density at radius 1 is 0.955 bits per heavy atom. The maximum Gasteiger partial charge on any atom is 0.127 e.